The van der Waals surface area contributed by atoms with Crippen LogP contribution in [0.3, 0.4) is 0 Å². The number of nitrogens with zero attached hydrogens (tertiary/aromatic N) is 3. The highest BCUT2D eigenvalue weighted by Gasteiger charge is 2.39. The molecule has 4 N–H and O–H groups in total. The number of hydrogen-bond acceptors (Lipinski definition) is 11. The normalized spacial score (nSPS) is 21.6. The number of rotatable bonds is 14. The molecule has 39 heavy (non-hydrogen) atoms. The van der Waals surface area contributed by atoms with Crippen molar-refractivity contribution in [2.75, 3.05) is 45.3 Å². The molecule has 0 radical (unpaired) electrons. The van der Waals surface area contributed by atoms with Gasteiger partial charge in [-0.25, -0.2) is 11.4 Å². The van der Waals surface area contributed by atoms with Crippen LogP contribution >= 0.6 is 8.53 Å². The number of nitrogens with two attached hydrogens (primary N) is 1. The molecule has 3 heterocycles. The van der Waals surface area contributed by atoms with Crippen LogP contribution in [0.2, 0.25) is 0 Å². The first kappa shape index (κ1) is 26.0. The Labute approximate surface area is 230 Å². The number of ether oxygens (including phenoxy) is 4. The van der Waals surface area contributed by atoms with E-state index < -0.39 is 39.7 Å². The molecule has 5 atom stereocenters. The molecule has 2 aliphatic heterocycles. The lowest BCUT2D eigenvalue weighted by molar-refractivity contribution is -0.0513. The summed E-state index contributed by atoms with van der Waals surface area (Å²) >= 11 is 0. The van der Waals surface area contributed by atoms with Crippen LogP contribution in [0.5, 0.6) is 17.2 Å². The van der Waals surface area contributed by atoms with Crippen LogP contribution in [-0.2, 0) is 18.5 Å². The van der Waals surface area contributed by atoms with Gasteiger partial charge in [0, 0.05) is 25.7 Å². The van der Waals surface area contributed by atoms with Crippen LogP contribution in [0.1, 0.15) is 28.7 Å². The predicted octanol–water partition coefficient (Wildman–Crippen LogP) is 3.43. The average molecular weight is 564 g/mol. The minimum atomic E-state index is -1.83. The van der Waals surface area contributed by atoms with Gasteiger partial charge in [-0.3, -0.25) is 10.1 Å². The molecule has 210 valence electrons. The van der Waals surface area contributed by atoms with Gasteiger partial charge in [-0.05, 0) is 25.5 Å². The molecule has 0 aliphatic carbocycles. The number of methoxy groups -OCH3 is 1. The third kappa shape index (κ3) is 7.45. The highest BCUT2D eigenvalue weighted by atomic mass is 31.2. The first-order chi connectivity index (χ1) is 19.7. The molecular weight excluding hydrogens is 527 g/mol. The molecule has 14 heteroatoms. The van der Waals surface area contributed by atoms with E-state index in [0.717, 1.165) is 18.7 Å². The quantitative estimate of drug-likeness (QED) is 0.151. The Balaban J connectivity index is 1.46. The topological polar surface area (TPSA) is 145 Å². The minimum absolute atomic E-state index is 0.115. The lowest BCUT2D eigenvalue weighted by Gasteiger charge is -2.24. The number of fused-ring (bicyclic) bond motifs is 2. The zero-order chi connectivity index (χ0) is 29.4. The number of benzene rings is 1. The summed E-state index contributed by atoms with van der Waals surface area (Å²) < 4.78 is 50.3. The summed E-state index contributed by atoms with van der Waals surface area (Å²) in [5, 5.41) is 6.30. The lowest BCUT2D eigenvalue weighted by Crippen LogP contribution is -2.29. The Kier molecular flexibility index (Phi) is 9.14. The number of nitrogens with one attached hydrogen (secondary N) is 2. The van der Waals surface area contributed by atoms with E-state index in [4.69, 9.17) is 42.8 Å². The van der Waals surface area contributed by atoms with Gasteiger partial charge in [-0.15, -0.1) is 0 Å². The molecule has 0 bridgehead atoms. The van der Waals surface area contributed by atoms with Gasteiger partial charge in [-0.2, -0.15) is 4.98 Å². The average Bonchev–Trinajstić information content (AvgIpc) is 3.32. The van der Waals surface area contributed by atoms with Crippen molar-refractivity contribution in [1.29, 1.82) is 0 Å². The third-order valence-electron chi connectivity index (χ3n) is 5.79. The Morgan fingerprint density at radius 1 is 1.51 bits per heavy atom. The van der Waals surface area contributed by atoms with Gasteiger partial charge in [0.25, 0.3) is 8.53 Å². The second-order valence-corrected chi connectivity index (χ2v) is 9.79. The fourth-order valence-corrected chi connectivity index (χ4v) is 4.83. The molecule has 1 fully saturated rings. The van der Waals surface area contributed by atoms with Crippen LogP contribution in [-0.4, -0.2) is 61.7 Å². The van der Waals surface area contributed by atoms with E-state index in [-0.39, 0.29) is 32.0 Å². The Morgan fingerprint density at radius 3 is 3.18 bits per heavy atom. The van der Waals surface area contributed by atoms with Crippen molar-refractivity contribution in [3.63, 3.8) is 0 Å². The number of aromatic nitrogens is 2. The molecule has 2 aromatic rings. The smallest absolute Gasteiger partial charge is 0.351 e. The van der Waals surface area contributed by atoms with Crippen molar-refractivity contribution in [3.8, 4) is 17.2 Å². The Morgan fingerprint density at radius 2 is 2.38 bits per heavy atom. The van der Waals surface area contributed by atoms with E-state index in [0.29, 0.717) is 29.5 Å². The van der Waals surface area contributed by atoms with E-state index in [1.807, 2.05) is 6.92 Å². The van der Waals surface area contributed by atoms with Crippen molar-refractivity contribution in [1.82, 2.24) is 14.9 Å². The van der Waals surface area contributed by atoms with Crippen molar-refractivity contribution in [3.05, 3.63) is 58.6 Å². The van der Waals surface area contributed by atoms with Crippen molar-refractivity contribution >= 4 is 20.0 Å². The summed E-state index contributed by atoms with van der Waals surface area (Å²) in [6.07, 6.45) is 0.253. The number of para-hydroxylation sites is 1. The molecule has 1 aromatic carbocycles. The number of hydrogen-bond donors (Lipinski definition) is 3. The summed E-state index contributed by atoms with van der Waals surface area (Å²) in [5.74, 6) is 1.61. The van der Waals surface area contributed by atoms with Crippen molar-refractivity contribution < 1.29 is 30.7 Å². The van der Waals surface area contributed by atoms with Crippen molar-refractivity contribution in [2.45, 2.75) is 38.2 Å². The fourth-order valence-electron chi connectivity index (χ4n) is 4.02. The summed E-state index contributed by atoms with van der Waals surface area (Å²) in [7, 11) is -3.36. The standard InChI is InChI=1S/C25H33N6O7P/c1-16(2)28-9-6-11-34-17-7-5-8-18-23(17)29-24-20(36-18)14-31(25(32)30-24)22-13-19(21(37-22)15-33-4)38-39(26)35-12-10-27-3/h5,7-8,14,19,21-22,28H,1,6,9-13,15,26H2,2,4H3,(H,29,30,32)/t19-,21-,22-,39?/m1/s1/i4TD/t4?,19-,21-,22-,39?. The molecule has 0 amide bonds. The highest BCUT2D eigenvalue weighted by Crippen LogP contribution is 2.46. The molecule has 1 aromatic heterocycles. The maximum atomic E-state index is 13.1. The second-order valence-electron chi connectivity index (χ2n) is 8.75. The number of allylic oxidation sites excluding steroid dienone is 1. The van der Waals surface area contributed by atoms with Crippen LogP contribution < -0.4 is 31.3 Å². The summed E-state index contributed by atoms with van der Waals surface area (Å²) in [6, 6.07) is 5.38. The van der Waals surface area contributed by atoms with Gasteiger partial charge < -0.3 is 43.5 Å². The highest BCUT2D eigenvalue weighted by molar-refractivity contribution is 7.44. The monoisotopic (exact) mass is 563 g/mol. The van der Waals surface area contributed by atoms with Crippen LogP contribution in [0.4, 0.5) is 11.5 Å². The van der Waals surface area contributed by atoms with Gasteiger partial charge in [0.2, 0.25) is 6.54 Å². The summed E-state index contributed by atoms with van der Waals surface area (Å²) in [4.78, 5) is 20.5. The zero-order valence-corrected chi connectivity index (χ0v) is 22.4. The molecule has 2 unspecified atom stereocenters. The summed E-state index contributed by atoms with van der Waals surface area (Å²) in [5.41, 5.74) is 6.81. The zero-order valence-electron chi connectivity index (χ0n) is 23.5. The molecule has 2 aliphatic rings. The molecule has 0 spiro atoms. The van der Waals surface area contributed by atoms with E-state index in [1.54, 1.807) is 18.2 Å². The molecule has 13 nitrogen and oxygen atoms in total. The van der Waals surface area contributed by atoms with Crippen LogP contribution in [0.25, 0.3) is 4.85 Å². The van der Waals surface area contributed by atoms with Crippen LogP contribution in [0, 0.1) is 6.57 Å². The number of anilines is 2. The van der Waals surface area contributed by atoms with E-state index in [2.05, 4.69) is 27.0 Å². The third-order valence-corrected chi connectivity index (χ3v) is 6.70. The van der Waals surface area contributed by atoms with Gasteiger partial charge in [0.1, 0.15) is 30.4 Å². The van der Waals surface area contributed by atoms with E-state index in [1.165, 1.54) is 10.8 Å². The molecule has 4 rings (SSSR count). The van der Waals surface area contributed by atoms with Gasteiger partial charge in [0.15, 0.2) is 17.3 Å². The largest absolute Gasteiger partial charge is 0.491 e. The molecule has 0 saturated carbocycles. The Bertz CT molecular complexity index is 1310. The SMILES string of the molecule is [2H]C([3H])OC[C@H]1O[C@@H](n2cc3c(nc2=O)Nc2c(OCCCNC(=C)C)cccc2O3)C[C@H]1OP(N)OCC[N+]#[C-]. The summed E-state index contributed by atoms with van der Waals surface area (Å²) in [6.45, 7) is 13.9. The fraction of sp³-hybridized carbons (Fsp3) is 0.480. The molecule has 1 saturated heterocycles. The van der Waals surface area contributed by atoms with Gasteiger partial charge >= 0.3 is 5.69 Å². The Hall–Kier alpha value is -3.24. The van der Waals surface area contributed by atoms with Gasteiger partial charge in [0.05, 0.1) is 28.3 Å². The van der Waals surface area contributed by atoms with Crippen LogP contribution in [0.15, 0.2) is 41.5 Å². The van der Waals surface area contributed by atoms with E-state index >= 15 is 0 Å². The first-order valence-electron chi connectivity index (χ1n) is 13.4. The van der Waals surface area contributed by atoms with Crippen molar-refractivity contribution in [2.24, 2.45) is 5.50 Å². The minimum Gasteiger partial charge on any atom is -0.491 e. The predicted molar refractivity (Wildman–Crippen MR) is 145 cm³/mol. The lowest BCUT2D eigenvalue weighted by atomic mass is 10.2. The van der Waals surface area contributed by atoms with Gasteiger partial charge in [-0.1, -0.05) is 12.6 Å². The first-order valence-corrected chi connectivity index (χ1v) is 13.5. The maximum absolute atomic E-state index is 13.1. The maximum Gasteiger partial charge on any atom is 0.351 e. The second kappa shape index (κ2) is 13.7. The van der Waals surface area contributed by atoms with E-state index in [9.17, 15) is 4.79 Å². The molecular formula is C25H33N6O7P.